The van der Waals surface area contributed by atoms with E-state index in [1.165, 1.54) is 0 Å². The highest BCUT2D eigenvalue weighted by Gasteiger charge is 2.27. The van der Waals surface area contributed by atoms with Gasteiger partial charge in [0.25, 0.3) is 0 Å². The highest BCUT2D eigenvalue weighted by atomic mass is 16.6. The predicted octanol–water partition coefficient (Wildman–Crippen LogP) is -1.59. The summed E-state index contributed by atoms with van der Waals surface area (Å²) in [7, 11) is 0. The molecule has 3 unspecified atom stereocenters. The average Bonchev–Trinajstić information content (AvgIpc) is 1.83. The van der Waals surface area contributed by atoms with E-state index < -0.39 is 18.4 Å². The van der Waals surface area contributed by atoms with Crippen LogP contribution in [0.15, 0.2) is 0 Å². The zero-order valence-electron chi connectivity index (χ0n) is 5.03. The van der Waals surface area contributed by atoms with Crippen LogP contribution in [-0.2, 0) is 4.74 Å². The maximum atomic E-state index is 8.98. The Labute approximate surface area is 53.2 Å². The fourth-order valence-corrected chi connectivity index (χ4v) is 0.803. The Kier molecular flexibility index (Phi) is 2.02. The summed E-state index contributed by atoms with van der Waals surface area (Å²) >= 11 is 0. The lowest BCUT2D eigenvalue weighted by Gasteiger charge is -2.28. The van der Waals surface area contributed by atoms with Crippen LogP contribution in [0.5, 0.6) is 0 Å². The number of hydrogen-bond acceptors (Lipinski definition) is 4. The quantitative estimate of drug-likeness (QED) is 0.372. The molecule has 1 aliphatic heterocycles. The smallest absolute Gasteiger partial charge is 0.172 e. The van der Waals surface area contributed by atoms with Gasteiger partial charge in [0.05, 0.1) is 18.8 Å². The maximum absolute atomic E-state index is 8.98. The van der Waals surface area contributed by atoms with Crippen LogP contribution >= 0.6 is 0 Å². The van der Waals surface area contributed by atoms with Gasteiger partial charge in [0.2, 0.25) is 0 Å². The van der Waals surface area contributed by atoms with Crippen LogP contribution in [0.4, 0.5) is 0 Å². The minimum atomic E-state index is -0.992. The molecule has 3 atom stereocenters. The summed E-state index contributed by atoms with van der Waals surface area (Å²) in [6.07, 6.45) is -1.10. The van der Waals surface area contributed by atoms with Crippen LogP contribution in [-0.4, -0.2) is 35.3 Å². The summed E-state index contributed by atoms with van der Waals surface area (Å²) in [5.41, 5.74) is 5.30. The fourth-order valence-electron chi connectivity index (χ4n) is 0.803. The molecular weight excluding hydrogens is 122 g/mol. The molecule has 4 nitrogen and oxygen atoms in total. The molecule has 0 aliphatic carbocycles. The molecular formula is C5H11NO3. The Bertz CT molecular complexity index is 88.2. The predicted molar refractivity (Wildman–Crippen MR) is 30.6 cm³/mol. The number of rotatable bonds is 0. The summed E-state index contributed by atoms with van der Waals surface area (Å²) in [4.78, 5) is 0. The molecule has 4 N–H and O–H groups in total. The Morgan fingerprint density at radius 1 is 1.44 bits per heavy atom. The van der Waals surface area contributed by atoms with Crippen LogP contribution in [0, 0.1) is 0 Å². The lowest BCUT2D eigenvalue weighted by Crippen LogP contribution is -2.50. The third-order valence-electron chi connectivity index (χ3n) is 1.48. The first kappa shape index (κ1) is 6.95. The molecule has 0 spiro atoms. The van der Waals surface area contributed by atoms with Crippen molar-refractivity contribution in [2.24, 2.45) is 5.73 Å². The summed E-state index contributed by atoms with van der Waals surface area (Å²) in [6.45, 7) is 0.385. The molecule has 0 aromatic rings. The van der Waals surface area contributed by atoms with Gasteiger partial charge in [-0.1, -0.05) is 0 Å². The van der Waals surface area contributed by atoms with Gasteiger partial charge in [-0.25, -0.2) is 0 Å². The zero-order valence-corrected chi connectivity index (χ0v) is 5.03. The van der Waals surface area contributed by atoms with E-state index in [9.17, 15) is 0 Å². The van der Waals surface area contributed by atoms with Gasteiger partial charge in [-0.15, -0.1) is 0 Å². The van der Waals surface area contributed by atoms with E-state index >= 15 is 0 Å². The van der Waals surface area contributed by atoms with E-state index in [-0.39, 0.29) is 0 Å². The highest BCUT2D eigenvalue weighted by molar-refractivity contribution is 4.77. The molecule has 0 radical (unpaired) electrons. The Morgan fingerprint density at radius 3 is 2.56 bits per heavy atom. The van der Waals surface area contributed by atoms with E-state index in [1.54, 1.807) is 0 Å². The average molecular weight is 133 g/mol. The van der Waals surface area contributed by atoms with Gasteiger partial charge < -0.3 is 20.7 Å². The molecule has 0 saturated carbocycles. The fraction of sp³-hybridized carbons (Fsp3) is 1.00. The minimum Gasteiger partial charge on any atom is -0.391 e. The third-order valence-corrected chi connectivity index (χ3v) is 1.48. The number of ether oxygens (including phenoxy) is 1. The van der Waals surface area contributed by atoms with E-state index in [0.29, 0.717) is 13.0 Å². The Hall–Kier alpha value is -0.160. The van der Waals surface area contributed by atoms with Crippen LogP contribution in [0.25, 0.3) is 0 Å². The van der Waals surface area contributed by atoms with Crippen molar-refractivity contribution < 1.29 is 14.9 Å². The van der Waals surface area contributed by atoms with Crippen molar-refractivity contribution in [3.63, 3.8) is 0 Å². The molecule has 1 fully saturated rings. The van der Waals surface area contributed by atoms with Crippen LogP contribution in [0.3, 0.4) is 0 Å². The molecule has 1 rings (SSSR count). The first-order valence-corrected chi connectivity index (χ1v) is 2.95. The van der Waals surface area contributed by atoms with Crippen LogP contribution < -0.4 is 5.73 Å². The van der Waals surface area contributed by atoms with E-state index in [2.05, 4.69) is 0 Å². The first-order chi connectivity index (χ1) is 4.22. The van der Waals surface area contributed by atoms with Gasteiger partial charge in [0, 0.05) is 0 Å². The molecule has 0 aromatic carbocycles. The lowest BCUT2D eigenvalue weighted by atomic mass is 10.1. The summed E-state index contributed by atoms with van der Waals surface area (Å²) in [5, 5.41) is 17.8. The second-order valence-corrected chi connectivity index (χ2v) is 2.19. The van der Waals surface area contributed by atoms with Gasteiger partial charge in [-0.3, -0.25) is 0 Å². The highest BCUT2D eigenvalue weighted by Crippen LogP contribution is 2.09. The first-order valence-electron chi connectivity index (χ1n) is 2.95. The van der Waals surface area contributed by atoms with E-state index in [0.717, 1.165) is 0 Å². The molecule has 1 saturated heterocycles. The van der Waals surface area contributed by atoms with Crippen molar-refractivity contribution >= 4 is 0 Å². The Morgan fingerprint density at radius 2 is 2.11 bits per heavy atom. The standard InChI is InChI=1S/C5H11NO3/c6-4-3(7)1-2-9-5(4)8/h3-5,7-8H,1-2,6H2. The largest absolute Gasteiger partial charge is 0.391 e. The van der Waals surface area contributed by atoms with Crippen molar-refractivity contribution in [3.8, 4) is 0 Å². The normalized spacial score (nSPS) is 45.0. The summed E-state index contributed by atoms with van der Waals surface area (Å²) < 4.78 is 4.73. The van der Waals surface area contributed by atoms with Crippen molar-refractivity contribution in [1.29, 1.82) is 0 Å². The van der Waals surface area contributed by atoms with Crippen molar-refractivity contribution in [3.05, 3.63) is 0 Å². The van der Waals surface area contributed by atoms with E-state index in [4.69, 9.17) is 20.7 Å². The van der Waals surface area contributed by atoms with E-state index in [1.807, 2.05) is 0 Å². The zero-order chi connectivity index (χ0) is 6.85. The van der Waals surface area contributed by atoms with Crippen LogP contribution in [0.1, 0.15) is 6.42 Å². The second kappa shape index (κ2) is 2.62. The number of nitrogens with two attached hydrogens (primary N) is 1. The molecule has 1 aliphatic rings. The van der Waals surface area contributed by atoms with Crippen molar-refractivity contribution in [2.75, 3.05) is 6.61 Å². The molecule has 4 heteroatoms. The monoisotopic (exact) mass is 133 g/mol. The van der Waals surface area contributed by atoms with Crippen LogP contribution in [0.2, 0.25) is 0 Å². The molecule has 0 amide bonds. The molecule has 54 valence electrons. The van der Waals surface area contributed by atoms with Crippen molar-refractivity contribution in [2.45, 2.75) is 24.9 Å². The topological polar surface area (TPSA) is 75.7 Å². The molecule has 1 heterocycles. The van der Waals surface area contributed by atoms with Gasteiger partial charge in [-0.2, -0.15) is 0 Å². The molecule has 9 heavy (non-hydrogen) atoms. The minimum absolute atomic E-state index is 0.385. The van der Waals surface area contributed by atoms with Gasteiger partial charge in [0.15, 0.2) is 6.29 Å². The lowest BCUT2D eigenvalue weighted by molar-refractivity contribution is -0.165. The van der Waals surface area contributed by atoms with Crippen molar-refractivity contribution in [1.82, 2.24) is 0 Å². The van der Waals surface area contributed by atoms with Gasteiger partial charge >= 0.3 is 0 Å². The van der Waals surface area contributed by atoms with Gasteiger partial charge in [0.1, 0.15) is 0 Å². The third kappa shape index (κ3) is 1.40. The second-order valence-electron chi connectivity index (χ2n) is 2.19. The summed E-state index contributed by atoms with van der Waals surface area (Å²) in [5.74, 6) is 0. The number of hydrogen-bond donors (Lipinski definition) is 3. The number of aliphatic hydroxyl groups is 2. The SMILES string of the molecule is NC1C(O)CCOC1O. The summed E-state index contributed by atoms with van der Waals surface area (Å²) in [6, 6.07) is -0.640. The Balaban J connectivity index is 2.41. The maximum Gasteiger partial charge on any atom is 0.172 e. The molecule has 0 aromatic heterocycles. The van der Waals surface area contributed by atoms with Gasteiger partial charge in [-0.05, 0) is 6.42 Å². The molecule has 0 bridgehead atoms. The number of aliphatic hydroxyl groups excluding tert-OH is 2.